The molecule has 0 bridgehead atoms. The number of rotatable bonds is 2. The normalized spacial score (nSPS) is 18.8. The van der Waals surface area contributed by atoms with E-state index in [2.05, 4.69) is 14.8 Å². The Morgan fingerprint density at radius 3 is 1.59 bits per heavy atom. The molecule has 0 N–H and O–H groups in total. The molecule has 6 heterocycles. The third-order valence-electron chi connectivity index (χ3n) is 9.04. The molecule has 216 valence electrons. The first-order valence-corrected chi connectivity index (χ1v) is 17.8. The van der Waals surface area contributed by atoms with Crippen molar-refractivity contribution in [3.8, 4) is 49.2 Å². The maximum Gasteiger partial charge on any atom is 0.350 e. The Hall–Kier alpha value is -4.04. The summed E-state index contributed by atoms with van der Waals surface area (Å²) < 4.78 is 16.4. The molecule has 44 heavy (non-hydrogen) atoms. The monoisotopic (exact) mass is 650 g/mol. The van der Waals surface area contributed by atoms with Gasteiger partial charge in [0.05, 0.1) is 28.9 Å². The van der Waals surface area contributed by atoms with E-state index in [0.717, 1.165) is 103 Å². The summed E-state index contributed by atoms with van der Waals surface area (Å²) >= 11 is 6.43. The highest BCUT2D eigenvalue weighted by Crippen LogP contribution is 2.67. The maximum absolute atomic E-state index is 9.35. The molecule has 0 unspecified atom stereocenters. The van der Waals surface area contributed by atoms with Crippen LogP contribution in [0.1, 0.15) is 75.3 Å². The second-order valence-electron chi connectivity index (χ2n) is 11.5. The Morgan fingerprint density at radius 1 is 0.682 bits per heavy atom. The molecule has 2 saturated carbocycles. The third kappa shape index (κ3) is 3.99. The van der Waals surface area contributed by atoms with Crippen molar-refractivity contribution in [2.24, 2.45) is 9.98 Å². The van der Waals surface area contributed by atoms with Gasteiger partial charge in [0, 0.05) is 17.2 Å². The highest BCUT2D eigenvalue weighted by Gasteiger charge is 2.48. The fourth-order valence-electron chi connectivity index (χ4n) is 7.11. The van der Waals surface area contributed by atoms with Crippen molar-refractivity contribution >= 4 is 76.3 Å². The van der Waals surface area contributed by atoms with Crippen LogP contribution in [0.3, 0.4) is 0 Å². The number of ether oxygens (including phenoxy) is 2. The predicted octanol–water partition coefficient (Wildman–Crippen LogP) is 10.1. The van der Waals surface area contributed by atoms with Crippen molar-refractivity contribution in [3.05, 3.63) is 34.7 Å². The van der Waals surface area contributed by atoms with Gasteiger partial charge in [-0.2, -0.15) is 10.5 Å². The van der Waals surface area contributed by atoms with Crippen LogP contribution in [0.2, 0.25) is 0 Å². The van der Waals surface area contributed by atoms with Gasteiger partial charge in [-0.05, 0) is 57.4 Å². The molecular weight excluding hydrogens is 629 g/mol. The summed E-state index contributed by atoms with van der Waals surface area (Å²) in [6.07, 6.45) is 10.3. The van der Waals surface area contributed by atoms with Crippen LogP contribution in [0.25, 0.3) is 33.8 Å². The van der Waals surface area contributed by atoms with Crippen molar-refractivity contribution in [3.63, 3.8) is 0 Å². The summed E-state index contributed by atoms with van der Waals surface area (Å²) in [7, 11) is 0. The SMILES string of the molecule is [C-]#[N+]/C(C#N)=N/c1cc2c(s1)-c1sc3c4c(sc3c1OC21CCCCC1)-c1sc(N=C(C#N)C#N)cc1C1(CCCCC1)O4. The van der Waals surface area contributed by atoms with Crippen molar-refractivity contribution in [1.82, 2.24) is 0 Å². The topological polar surface area (TPSA) is 119 Å². The van der Waals surface area contributed by atoms with E-state index in [1.165, 1.54) is 35.5 Å². The number of hydrogen-bond donors (Lipinski definition) is 0. The Bertz CT molecular complexity index is 1920. The first kappa shape index (κ1) is 27.5. The molecular formula is C32H22N6O2S4. The smallest absolute Gasteiger partial charge is 0.350 e. The van der Waals surface area contributed by atoms with Gasteiger partial charge in [-0.25, -0.2) is 10.3 Å². The molecule has 4 aromatic heterocycles. The molecule has 0 saturated heterocycles. The number of amidine groups is 1. The van der Waals surface area contributed by atoms with Crippen LogP contribution in [-0.4, -0.2) is 11.5 Å². The molecule has 0 amide bonds. The number of aliphatic imine (C=N–C) groups is 2. The number of thiophene rings is 4. The van der Waals surface area contributed by atoms with Gasteiger partial charge in [0.25, 0.3) is 0 Å². The predicted molar refractivity (Wildman–Crippen MR) is 175 cm³/mol. The number of nitriles is 3. The Morgan fingerprint density at radius 2 is 1.16 bits per heavy atom. The second-order valence-corrected chi connectivity index (χ2v) is 15.6. The van der Waals surface area contributed by atoms with Gasteiger partial charge in [-0.15, -0.1) is 34.0 Å². The van der Waals surface area contributed by atoms with E-state index in [0.29, 0.717) is 10.0 Å². The zero-order valence-electron chi connectivity index (χ0n) is 23.4. The summed E-state index contributed by atoms with van der Waals surface area (Å²) in [6.45, 7) is 7.31. The average molecular weight is 651 g/mol. The highest BCUT2D eigenvalue weighted by molar-refractivity contribution is 7.35. The van der Waals surface area contributed by atoms with Crippen LogP contribution in [0.5, 0.6) is 11.5 Å². The van der Waals surface area contributed by atoms with Gasteiger partial charge in [-0.1, -0.05) is 35.7 Å². The molecule has 0 aromatic carbocycles. The zero-order chi connectivity index (χ0) is 30.1. The Balaban J connectivity index is 1.33. The third-order valence-corrected chi connectivity index (χ3v) is 13.9. The average Bonchev–Trinajstić information content (AvgIpc) is 3.83. The minimum absolute atomic E-state index is 0.149. The summed E-state index contributed by atoms with van der Waals surface area (Å²) in [5.74, 6) is 1.63. The fraction of sp³-hybridized carbons (Fsp3) is 0.375. The van der Waals surface area contributed by atoms with E-state index < -0.39 is 11.2 Å². The molecule has 2 aliphatic heterocycles. The Labute approximate surface area is 269 Å². The van der Waals surface area contributed by atoms with E-state index in [1.807, 2.05) is 30.3 Å². The zero-order valence-corrected chi connectivity index (χ0v) is 26.6. The second kappa shape index (κ2) is 10.3. The molecule has 2 fully saturated rings. The summed E-state index contributed by atoms with van der Waals surface area (Å²) in [5.41, 5.74) is 1.17. The molecule has 2 spiro atoms. The summed E-state index contributed by atoms with van der Waals surface area (Å²) in [4.78, 5) is 16.4. The molecule has 0 atom stereocenters. The van der Waals surface area contributed by atoms with Crippen LogP contribution >= 0.6 is 45.3 Å². The van der Waals surface area contributed by atoms with Crippen molar-refractivity contribution < 1.29 is 9.47 Å². The van der Waals surface area contributed by atoms with Gasteiger partial charge in [0.2, 0.25) is 10.7 Å². The largest absolute Gasteiger partial charge is 0.479 e. The van der Waals surface area contributed by atoms with Gasteiger partial charge in [0.15, 0.2) is 11.5 Å². The van der Waals surface area contributed by atoms with Crippen molar-refractivity contribution in [1.29, 1.82) is 15.8 Å². The van der Waals surface area contributed by atoms with Gasteiger partial charge in [0.1, 0.15) is 34.4 Å². The molecule has 8 nitrogen and oxygen atoms in total. The first-order chi connectivity index (χ1) is 21.5. The standard InChI is InChI=1S/C32H22N6O2S4/c1-36-20(16-35)38-22-13-19-26(42-22)28-24(40-32(19)10-6-3-7-11-32)30-29(44-28)23-27(43-30)25-18(31(39-23)8-4-2-5-9-31)12-21(41-25)37-17(14-33)15-34/h12-13H,2-11H2/b38-20+. The van der Waals surface area contributed by atoms with Gasteiger partial charge >= 0.3 is 5.84 Å². The van der Waals surface area contributed by atoms with Gasteiger partial charge < -0.3 is 14.3 Å². The van der Waals surface area contributed by atoms with Crippen LogP contribution < -0.4 is 9.47 Å². The van der Waals surface area contributed by atoms with Crippen LogP contribution in [0.4, 0.5) is 10.0 Å². The first-order valence-electron chi connectivity index (χ1n) is 14.5. The van der Waals surface area contributed by atoms with E-state index in [1.54, 1.807) is 22.7 Å². The number of fused-ring (bicyclic) bond motifs is 11. The summed E-state index contributed by atoms with van der Waals surface area (Å²) in [6, 6.07) is 9.74. The lowest BCUT2D eigenvalue weighted by atomic mass is 9.78. The molecule has 4 aliphatic rings. The van der Waals surface area contributed by atoms with Gasteiger partial charge in [-0.3, -0.25) is 0 Å². The van der Waals surface area contributed by atoms with Crippen LogP contribution in [0.15, 0.2) is 22.1 Å². The molecule has 0 radical (unpaired) electrons. The van der Waals surface area contributed by atoms with E-state index >= 15 is 0 Å². The number of nitrogens with zero attached hydrogens (tertiary/aromatic N) is 6. The molecule has 2 aliphatic carbocycles. The van der Waals surface area contributed by atoms with Crippen molar-refractivity contribution in [2.75, 3.05) is 0 Å². The lowest BCUT2D eigenvalue weighted by Crippen LogP contribution is -2.37. The maximum atomic E-state index is 9.35. The van der Waals surface area contributed by atoms with Crippen molar-refractivity contribution in [2.45, 2.75) is 75.4 Å². The number of hydrogen-bond acceptors (Lipinski definition) is 11. The van der Waals surface area contributed by atoms with Crippen LogP contribution in [0, 0.1) is 40.6 Å². The highest BCUT2D eigenvalue weighted by atomic mass is 32.1. The summed E-state index contributed by atoms with van der Waals surface area (Å²) in [5, 5.41) is 29.4. The van der Waals surface area contributed by atoms with Crippen LogP contribution in [-0.2, 0) is 11.2 Å². The lowest BCUT2D eigenvalue weighted by molar-refractivity contribution is 0.0258. The molecule has 8 rings (SSSR count). The van der Waals surface area contributed by atoms with E-state index in [-0.39, 0.29) is 11.5 Å². The van der Waals surface area contributed by atoms with E-state index in [4.69, 9.17) is 16.0 Å². The van der Waals surface area contributed by atoms with E-state index in [9.17, 15) is 15.8 Å². The Kier molecular flexibility index (Phi) is 6.42. The lowest BCUT2D eigenvalue weighted by Gasteiger charge is -2.40. The minimum atomic E-state index is -0.461. The quantitative estimate of drug-likeness (QED) is 0.121. The fourth-order valence-corrected chi connectivity index (χ4v) is 12.2. The minimum Gasteiger partial charge on any atom is -0.479 e. The molecule has 4 aromatic rings. The molecule has 12 heteroatoms.